The summed E-state index contributed by atoms with van der Waals surface area (Å²) in [7, 11) is 0. The van der Waals surface area contributed by atoms with Crippen molar-refractivity contribution in [3.8, 4) is 23.6 Å². The molecule has 0 unspecified atom stereocenters. The lowest BCUT2D eigenvalue weighted by Crippen LogP contribution is -1.87. The summed E-state index contributed by atoms with van der Waals surface area (Å²) in [6, 6.07) is 18.5. The van der Waals surface area contributed by atoms with Crippen LogP contribution in [0.15, 0.2) is 42.5 Å². The van der Waals surface area contributed by atoms with Gasteiger partial charge in [0.05, 0.1) is 23.3 Å². The first-order valence-corrected chi connectivity index (χ1v) is 4.91. The average molecular weight is 219 g/mol. The lowest BCUT2D eigenvalue weighted by atomic mass is 10.1. The zero-order valence-corrected chi connectivity index (χ0v) is 8.84. The Hall–Kier alpha value is -2.78. The molecule has 17 heavy (non-hydrogen) atoms. The van der Waals surface area contributed by atoms with E-state index in [1.807, 2.05) is 12.1 Å². The molecular weight excluding hydrogens is 212 g/mol. The molecule has 0 heterocycles. The van der Waals surface area contributed by atoms with Crippen LogP contribution in [0, 0.1) is 28.7 Å². The second-order valence-corrected chi connectivity index (χ2v) is 3.31. The summed E-state index contributed by atoms with van der Waals surface area (Å²) in [5.74, 6) is 1.12. The van der Waals surface area contributed by atoms with Gasteiger partial charge in [-0.25, -0.2) is 0 Å². The third-order valence-electron chi connectivity index (χ3n) is 2.09. The van der Waals surface area contributed by atoms with Crippen LogP contribution in [0.5, 0.6) is 11.5 Å². The maximum absolute atomic E-state index is 8.83. The minimum atomic E-state index is 0.404. The van der Waals surface area contributed by atoms with Crippen molar-refractivity contribution in [2.24, 2.45) is 0 Å². The highest BCUT2D eigenvalue weighted by Gasteiger charge is 2.02. The number of nitrogens with zero attached hydrogens (tertiary/aromatic N) is 2. The molecule has 0 aliphatic rings. The second kappa shape index (κ2) is 4.83. The monoisotopic (exact) mass is 219 g/mol. The van der Waals surface area contributed by atoms with Crippen molar-refractivity contribution in [1.82, 2.24) is 0 Å². The maximum atomic E-state index is 8.83. The van der Waals surface area contributed by atoms with Gasteiger partial charge in [0.25, 0.3) is 0 Å². The van der Waals surface area contributed by atoms with Gasteiger partial charge >= 0.3 is 0 Å². The molecule has 0 aromatic heterocycles. The first-order chi connectivity index (χ1) is 8.31. The van der Waals surface area contributed by atoms with E-state index in [1.54, 1.807) is 36.4 Å². The van der Waals surface area contributed by atoms with Gasteiger partial charge in [0.2, 0.25) is 0 Å². The van der Waals surface area contributed by atoms with Crippen molar-refractivity contribution in [3.05, 3.63) is 59.7 Å². The van der Waals surface area contributed by atoms with E-state index in [1.165, 1.54) is 6.07 Å². The fraction of sp³-hybridized carbons (Fsp3) is 0. The number of hydrogen-bond acceptors (Lipinski definition) is 3. The van der Waals surface area contributed by atoms with Gasteiger partial charge in [-0.15, -0.1) is 0 Å². The molecule has 0 bridgehead atoms. The molecule has 0 aliphatic heterocycles. The summed E-state index contributed by atoms with van der Waals surface area (Å²) in [5.41, 5.74) is 0.808. The zero-order chi connectivity index (χ0) is 12.1. The van der Waals surface area contributed by atoms with E-state index in [0.29, 0.717) is 22.6 Å². The molecule has 0 fully saturated rings. The molecule has 3 heteroatoms. The van der Waals surface area contributed by atoms with E-state index in [0.717, 1.165) is 0 Å². The van der Waals surface area contributed by atoms with Crippen molar-refractivity contribution < 1.29 is 4.74 Å². The molecule has 1 radical (unpaired) electrons. The number of rotatable bonds is 2. The van der Waals surface area contributed by atoms with E-state index in [-0.39, 0.29) is 0 Å². The molecule has 0 saturated carbocycles. The van der Waals surface area contributed by atoms with Crippen molar-refractivity contribution >= 4 is 0 Å². The number of hydrogen-bond donors (Lipinski definition) is 0. The van der Waals surface area contributed by atoms with Crippen LogP contribution in [0.3, 0.4) is 0 Å². The first-order valence-electron chi connectivity index (χ1n) is 4.91. The van der Waals surface area contributed by atoms with Gasteiger partial charge in [-0.2, -0.15) is 10.5 Å². The van der Waals surface area contributed by atoms with Crippen LogP contribution in [0.4, 0.5) is 0 Å². The largest absolute Gasteiger partial charge is 0.457 e. The second-order valence-electron chi connectivity index (χ2n) is 3.31. The SMILES string of the molecule is N#Cc1cc(C#N)cc(Oc2cc[c]cc2)c1. The Morgan fingerprint density at radius 3 is 2.00 bits per heavy atom. The molecule has 0 amide bonds. The topological polar surface area (TPSA) is 56.8 Å². The molecule has 3 nitrogen and oxygen atoms in total. The Morgan fingerprint density at radius 2 is 1.47 bits per heavy atom. The highest BCUT2D eigenvalue weighted by Crippen LogP contribution is 2.23. The third-order valence-corrected chi connectivity index (χ3v) is 2.09. The maximum Gasteiger partial charge on any atom is 0.130 e. The minimum Gasteiger partial charge on any atom is -0.457 e. The summed E-state index contributed by atoms with van der Waals surface area (Å²) in [4.78, 5) is 0. The smallest absolute Gasteiger partial charge is 0.130 e. The zero-order valence-electron chi connectivity index (χ0n) is 8.84. The van der Waals surface area contributed by atoms with Crippen LogP contribution >= 0.6 is 0 Å². The first kappa shape index (κ1) is 10.7. The normalized spacial score (nSPS) is 9.06. The van der Waals surface area contributed by atoms with Crippen molar-refractivity contribution in [3.63, 3.8) is 0 Å². The molecule has 79 valence electrons. The van der Waals surface area contributed by atoms with Crippen LogP contribution in [0.1, 0.15) is 11.1 Å². The van der Waals surface area contributed by atoms with E-state index >= 15 is 0 Å². The Labute approximate surface area is 99.1 Å². The lowest BCUT2D eigenvalue weighted by molar-refractivity contribution is 0.482. The number of benzene rings is 2. The molecule has 0 aliphatic carbocycles. The fourth-order valence-electron chi connectivity index (χ4n) is 1.36. The van der Waals surface area contributed by atoms with E-state index in [2.05, 4.69) is 6.07 Å². The molecule has 0 saturated heterocycles. The van der Waals surface area contributed by atoms with Crippen LogP contribution in [-0.2, 0) is 0 Å². The van der Waals surface area contributed by atoms with Gasteiger partial charge in [-0.05, 0) is 36.4 Å². The van der Waals surface area contributed by atoms with E-state index in [9.17, 15) is 0 Å². The Morgan fingerprint density at radius 1 is 0.882 bits per heavy atom. The van der Waals surface area contributed by atoms with E-state index < -0.39 is 0 Å². The van der Waals surface area contributed by atoms with Crippen LogP contribution in [0.2, 0.25) is 0 Å². The molecule has 0 atom stereocenters. The van der Waals surface area contributed by atoms with Gasteiger partial charge in [0.1, 0.15) is 11.5 Å². The quantitative estimate of drug-likeness (QED) is 0.780. The molecule has 2 rings (SSSR count). The van der Waals surface area contributed by atoms with Crippen molar-refractivity contribution in [2.45, 2.75) is 0 Å². The summed E-state index contributed by atoms with van der Waals surface area (Å²) in [5, 5.41) is 17.7. The average Bonchev–Trinajstić information content (AvgIpc) is 2.39. The highest BCUT2D eigenvalue weighted by atomic mass is 16.5. The predicted octanol–water partition coefficient (Wildman–Crippen LogP) is 3.02. The van der Waals surface area contributed by atoms with Gasteiger partial charge in [-0.1, -0.05) is 12.1 Å². The molecule has 2 aromatic carbocycles. The van der Waals surface area contributed by atoms with Crippen LogP contribution in [-0.4, -0.2) is 0 Å². The van der Waals surface area contributed by atoms with Crippen LogP contribution < -0.4 is 4.74 Å². The Kier molecular flexibility index (Phi) is 3.05. The molecular formula is C14H7N2O. The Bertz CT molecular complexity index is 574. The van der Waals surface area contributed by atoms with Crippen molar-refractivity contribution in [1.29, 1.82) is 10.5 Å². The van der Waals surface area contributed by atoms with Crippen LogP contribution in [0.25, 0.3) is 0 Å². The van der Waals surface area contributed by atoms with Gasteiger partial charge < -0.3 is 4.74 Å². The molecule has 0 spiro atoms. The van der Waals surface area contributed by atoms with Crippen molar-refractivity contribution in [2.75, 3.05) is 0 Å². The summed E-state index contributed by atoms with van der Waals surface area (Å²) in [6.07, 6.45) is 0. The van der Waals surface area contributed by atoms with E-state index in [4.69, 9.17) is 15.3 Å². The van der Waals surface area contributed by atoms with Gasteiger partial charge in [0, 0.05) is 0 Å². The minimum absolute atomic E-state index is 0.404. The molecule has 2 aromatic rings. The molecule has 0 N–H and O–H groups in total. The number of ether oxygens (including phenoxy) is 1. The Balaban J connectivity index is 2.34. The van der Waals surface area contributed by atoms with Gasteiger partial charge in [0.15, 0.2) is 0 Å². The summed E-state index contributed by atoms with van der Waals surface area (Å²) in [6.45, 7) is 0. The summed E-state index contributed by atoms with van der Waals surface area (Å²) < 4.78 is 5.54. The standard InChI is InChI=1S/C14H7N2O/c15-9-11-6-12(10-16)8-14(7-11)17-13-4-2-1-3-5-13/h2-8H. The highest BCUT2D eigenvalue weighted by molar-refractivity contribution is 5.46. The van der Waals surface area contributed by atoms with Gasteiger partial charge in [-0.3, -0.25) is 0 Å². The summed E-state index contributed by atoms with van der Waals surface area (Å²) >= 11 is 0. The predicted molar refractivity (Wildman–Crippen MR) is 61.2 cm³/mol. The number of nitriles is 2. The third kappa shape index (κ3) is 2.62. The fourth-order valence-corrected chi connectivity index (χ4v) is 1.36. The lowest BCUT2D eigenvalue weighted by Gasteiger charge is -2.05.